The van der Waals surface area contributed by atoms with Crippen molar-refractivity contribution >= 4 is 21.6 Å². The zero-order chi connectivity index (χ0) is 14.2. The van der Waals surface area contributed by atoms with Gasteiger partial charge >= 0.3 is 0 Å². The van der Waals surface area contributed by atoms with Crippen molar-refractivity contribution in [1.82, 2.24) is 9.71 Å². The molecule has 3 rings (SSSR count). The minimum Gasteiger partial charge on any atom is -0.469 e. The standard InChI is InChI=1S/C13H13ClN2O3S/c14-10-4-6-15-8-13(10)20(17,18)16-11-2-1-3-12-9(11)5-7-19-12/h4-8,11,16H,1-3H2. The van der Waals surface area contributed by atoms with E-state index in [0.29, 0.717) is 0 Å². The second-order valence-corrected chi connectivity index (χ2v) is 6.76. The Morgan fingerprint density at radius 1 is 1.40 bits per heavy atom. The molecule has 20 heavy (non-hydrogen) atoms. The van der Waals surface area contributed by atoms with Crippen LogP contribution in [0.25, 0.3) is 0 Å². The number of hydrogen-bond donors (Lipinski definition) is 1. The van der Waals surface area contributed by atoms with Crippen LogP contribution >= 0.6 is 11.6 Å². The van der Waals surface area contributed by atoms with Crippen LogP contribution in [0.15, 0.2) is 40.1 Å². The van der Waals surface area contributed by atoms with E-state index in [1.165, 1.54) is 18.5 Å². The van der Waals surface area contributed by atoms with E-state index >= 15 is 0 Å². The van der Waals surface area contributed by atoms with Crippen molar-refractivity contribution in [1.29, 1.82) is 0 Å². The van der Waals surface area contributed by atoms with Crippen molar-refractivity contribution in [3.8, 4) is 0 Å². The summed E-state index contributed by atoms with van der Waals surface area (Å²) in [7, 11) is -3.70. The summed E-state index contributed by atoms with van der Waals surface area (Å²) in [6.45, 7) is 0. The maximum Gasteiger partial charge on any atom is 0.244 e. The van der Waals surface area contributed by atoms with Crippen LogP contribution in [0.4, 0.5) is 0 Å². The zero-order valence-electron chi connectivity index (χ0n) is 10.5. The Morgan fingerprint density at radius 2 is 2.25 bits per heavy atom. The SMILES string of the molecule is O=S(=O)(NC1CCCc2occc21)c1cnccc1Cl. The molecule has 0 saturated carbocycles. The lowest BCUT2D eigenvalue weighted by Crippen LogP contribution is -2.30. The fraction of sp³-hybridized carbons (Fsp3) is 0.308. The molecule has 2 aromatic heterocycles. The molecule has 1 aliphatic carbocycles. The molecular formula is C13H13ClN2O3S. The third-order valence-electron chi connectivity index (χ3n) is 3.37. The molecule has 106 valence electrons. The molecule has 0 aliphatic heterocycles. The van der Waals surface area contributed by atoms with Crippen molar-refractivity contribution in [2.45, 2.75) is 30.2 Å². The van der Waals surface area contributed by atoms with E-state index in [0.717, 1.165) is 30.6 Å². The molecule has 2 aromatic rings. The number of hydrogen-bond acceptors (Lipinski definition) is 4. The van der Waals surface area contributed by atoms with Crippen LogP contribution in [0.3, 0.4) is 0 Å². The van der Waals surface area contributed by atoms with Gasteiger partial charge in [0.05, 0.1) is 17.3 Å². The van der Waals surface area contributed by atoms with Gasteiger partial charge in [-0.1, -0.05) is 11.6 Å². The average molecular weight is 313 g/mol. The Balaban J connectivity index is 1.91. The minimum atomic E-state index is -3.70. The summed E-state index contributed by atoms with van der Waals surface area (Å²) in [5.74, 6) is 0.848. The molecule has 1 N–H and O–H groups in total. The number of aromatic nitrogens is 1. The van der Waals surface area contributed by atoms with E-state index in [9.17, 15) is 8.42 Å². The van der Waals surface area contributed by atoms with E-state index in [2.05, 4.69) is 9.71 Å². The molecule has 0 bridgehead atoms. The van der Waals surface area contributed by atoms with Crippen molar-refractivity contribution in [2.24, 2.45) is 0 Å². The van der Waals surface area contributed by atoms with Crippen molar-refractivity contribution in [2.75, 3.05) is 0 Å². The molecule has 2 heterocycles. The predicted octanol–water partition coefficient (Wildman–Crippen LogP) is 2.68. The number of sulfonamides is 1. The molecule has 0 saturated heterocycles. The smallest absolute Gasteiger partial charge is 0.244 e. The second-order valence-electron chi connectivity index (χ2n) is 4.67. The van der Waals surface area contributed by atoms with Gasteiger partial charge in [-0.3, -0.25) is 4.98 Å². The second kappa shape index (κ2) is 5.20. The van der Waals surface area contributed by atoms with Gasteiger partial charge in [0, 0.05) is 24.4 Å². The summed E-state index contributed by atoms with van der Waals surface area (Å²) >= 11 is 5.93. The molecule has 7 heteroatoms. The van der Waals surface area contributed by atoms with E-state index < -0.39 is 10.0 Å². The van der Waals surface area contributed by atoms with Crippen LogP contribution < -0.4 is 4.72 Å². The summed E-state index contributed by atoms with van der Waals surface area (Å²) in [6, 6.07) is 2.99. The van der Waals surface area contributed by atoms with Crippen LogP contribution in [0, 0.1) is 0 Å². The van der Waals surface area contributed by atoms with Crippen LogP contribution in [0.2, 0.25) is 5.02 Å². The van der Waals surface area contributed by atoms with Crippen LogP contribution in [0.1, 0.15) is 30.2 Å². The summed E-state index contributed by atoms with van der Waals surface area (Å²) < 4.78 is 32.8. The van der Waals surface area contributed by atoms with E-state index in [1.54, 1.807) is 6.26 Å². The lowest BCUT2D eigenvalue weighted by atomic mass is 9.94. The number of nitrogens with one attached hydrogen (secondary N) is 1. The lowest BCUT2D eigenvalue weighted by Gasteiger charge is -2.22. The third-order valence-corrected chi connectivity index (χ3v) is 5.31. The monoisotopic (exact) mass is 312 g/mol. The molecular weight excluding hydrogens is 300 g/mol. The largest absolute Gasteiger partial charge is 0.469 e. The Kier molecular flexibility index (Phi) is 3.54. The maximum atomic E-state index is 12.4. The molecule has 0 radical (unpaired) electrons. The fourth-order valence-electron chi connectivity index (χ4n) is 2.42. The zero-order valence-corrected chi connectivity index (χ0v) is 12.1. The highest BCUT2D eigenvalue weighted by molar-refractivity contribution is 7.89. The highest BCUT2D eigenvalue weighted by Gasteiger charge is 2.28. The Hall–Kier alpha value is -1.37. The highest BCUT2D eigenvalue weighted by atomic mass is 35.5. The summed E-state index contributed by atoms with van der Waals surface area (Å²) in [6.07, 6.45) is 6.76. The van der Waals surface area contributed by atoms with Gasteiger partial charge in [0.2, 0.25) is 10.0 Å². The fourth-order valence-corrected chi connectivity index (χ4v) is 4.10. The normalized spacial score (nSPS) is 18.8. The minimum absolute atomic E-state index is 0.00251. The molecule has 0 spiro atoms. The Labute approximate surface area is 122 Å². The lowest BCUT2D eigenvalue weighted by molar-refractivity contribution is 0.438. The predicted molar refractivity (Wildman–Crippen MR) is 74.0 cm³/mol. The molecule has 5 nitrogen and oxygen atoms in total. The number of aryl methyl sites for hydroxylation is 1. The van der Waals surface area contributed by atoms with Crippen molar-refractivity contribution in [3.63, 3.8) is 0 Å². The van der Waals surface area contributed by atoms with Gasteiger partial charge in [0.1, 0.15) is 10.7 Å². The van der Waals surface area contributed by atoms with Crippen molar-refractivity contribution < 1.29 is 12.8 Å². The quantitative estimate of drug-likeness (QED) is 0.945. The van der Waals surface area contributed by atoms with Crippen LogP contribution in [-0.2, 0) is 16.4 Å². The highest BCUT2D eigenvalue weighted by Crippen LogP contribution is 2.32. The van der Waals surface area contributed by atoms with E-state index in [-0.39, 0.29) is 16.0 Å². The number of halogens is 1. The molecule has 0 aromatic carbocycles. The van der Waals surface area contributed by atoms with Crippen LogP contribution in [-0.4, -0.2) is 13.4 Å². The number of nitrogens with zero attached hydrogens (tertiary/aromatic N) is 1. The third kappa shape index (κ3) is 2.46. The van der Waals surface area contributed by atoms with Gasteiger partial charge in [0.25, 0.3) is 0 Å². The van der Waals surface area contributed by atoms with E-state index in [1.807, 2.05) is 6.07 Å². The van der Waals surface area contributed by atoms with Gasteiger partial charge in [-0.2, -0.15) is 0 Å². The maximum absolute atomic E-state index is 12.4. The van der Waals surface area contributed by atoms with Gasteiger partial charge in [-0.25, -0.2) is 13.1 Å². The molecule has 1 unspecified atom stereocenters. The molecule has 0 amide bonds. The summed E-state index contributed by atoms with van der Waals surface area (Å²) in [5.41, 5.74) is 0.903. The van der Waals surface area contributed by atoms with Crippen LogP contribution in [0.5, 0.6) is 0 Å². The van der Waals surface area contributed by atoms with E-state index in [4.69, 9.17) is 16.0 Å². The number of rotatable bonds is 3. The first kappa shape index (κ1) is 13.6. The van der Waals surface area contributed by atoms with Gasteiger partial charge < -0.3 is 4.42 Å². The first-order valence-electron chi connectivity index (χ1n) is 6.26. The molecule has 1 aliphatic rings. The number of furan rings is 1. The first-order chi connectivity index (χ1) is 9.58. The molecule has 0 fully saturated rings. The van der Waals surface area contributed by atoms with Crippen molar-refractivity contribution in [3.05, 3.63) is 47.1 Å². The summed E-state index contributed by atoms with van der Waals surface area (Å²) in [5, 5.41) is 0.163. The number of fused-ring (bicyclic) bond motifs is 1. The topological polar surface area (TPSA) is 72.2 Å². The number of pyridine rings is 1. The van der Waals surface area contributed by atoms with Gasteiger partial charge in [0.15, 0.2) is 0 Å². The van der Waals surface area contributed by atoms with Gasteiger partial charge in [-0.05, 0) is 25.0 Å². The average Bonchev–Trinajstić information content (AvgIpc) is 2.88. The molecule has 1 atom stereocenters. The first-order valence-corrected chi connectivity index (χ1v) is 8.12. The Morgan fingerprint density at radius 3 is 3.05 bits per heavy atom. The Bertz CT molecular complexity index is 727. The van der Waals surface area contributed by atoms with Gasteiger partial charge in [-0.15, -0.1) is 0 Å². The summed E-state index contributed by atoms with van der Waals surface area (Å²) in [4.78, 5) is 3.81.